The van der Waals surface area contributed by atoms with Crippen molar-refractivity contribution in [3.05, 3.63) is 57.1 Å². The van der Waals surface area contributed by atoms with Gasteiger partial charge >= 0.3 is 18.5 Å². The molecule has 3 rings (SSSR count). The molecular weight excluding hydrogens is 433 g/mol. The third kappa shape index (κ3) is 4.24. The molecule has 1 aromatic carbocycles. The summed E-state index contributed by atoms with van der Waals surface area (Å²) in [6, 6.07) is 0.309. The number of aromatic nitrogens is 2. The van der Waals surface area contributed by atoms with Gasteiger partial charge in [0.2, 0.25) is 5.62 Å². The summed E-state index contributed by atoms with van der Waals surface area (Å²) < 4.78 is 119. The molecule has 164 valence electrons. The third-order valence-corrected chi connectivity index (χ3v) is 4.43. The highest BCUT2D eigenvalue weighted by molar-refractivity contribution is 5.50. The van der Waals surface area contributed by atoms with Crippen molar-refractivity contribution in [1.29, 1.82) is 0 Å². The second kappa shape index (κ2) is 6.91. The van der Waals surface area contributed by atoms with E-state index in [0.29, 0.717) is 35.6 Å². The Hall–Kier alpha value is -2.73. The zero-order valence-electron chi connectivity index (χ0n) is 15.0. The summed E-state index contributed by atoms with van der Waals surface area (Å²) in [5.74, 6) is 0. The Kier molecular flexibility index (Phi) is 5.06. The Morgan fingerprint density at radius 1 is 0.900 bits per heavy atom. The fourth-order valence-electron chi connectivity index (χ4n) is 2.87. The average Bonchev–Trinajstić information content (AvgIpc) is 3.40. The first-order valence-corrected chi connectivity index (χ1v) is 8.33. The van der Waals surface area contributed by atoms with Crippen LogP contribution in [-0.2, 0) is 25.6 Å². The highest BCUT2D eigenvalue weighted by Crippen LogP contribution is 2.40. The highest BCUT2D eigenvalue weighted by atomic mass is 19.4. The van der Waals surface area contributed by atoms with Crippen LogP contribution in [0.2, 0.25) is 0 Å². The number of alkyl halides is 9. The van der Waals surface area contributed by atoms with Crippen molar-refractivity contribution in [2.75, 3.05) is 0 Å². The molecule has 0 unspecified atom stereocenters. The number of benzene rings is 1. The largest absolute Gasteiger partial charge is 0.431 e. The van der Waals surface area contributed by atoms with Crippen LogP contribution in [-0.4, -0.2) is 9.13 Å². The van der Waals surface area contributed by atoms with Gasteiger partial charge in [-0.05, 0) is 31.0 Å². The van der Waals surface area contributed by atoms with Crippen molar-refractivity contribution in [3.8, 4) is 0 Å². The molecule has 4 nitrogen and oxygen atoms in total. The molecule has 1 heterocycles. The van der Waals surface area contributed by atoms with E-state index in [1.165, 1.54) is 0 Å². The Labute approximate surface area is 161 Å². The van der Waals surface area contributed by atoms with Gasteiger partial charge in [-0.3, -0.25) is 9.36 Å². The monoisotopic (exact) mass is 445 g/mol. The lowest BCUT2D eigenvalue weighted by Gasteiger charge is -2.17. The molecule has 0 aliphatic heterocycles. The SMILES string of the molecule is Cn1c(C(F)(F)F)cc(=O)n(C2CC2)c1=Nc1ccc(C(F)(F)F)cc1C(F)(F)F. The van der Waals surface area contributed by atoms with Gasteiger partial charge in [-0.25, -0.2) is 4.99 Å². The van der Waals surface area contributed by atoms with Gasteiger partial charge < -0.3 is 4.57 Å². The molecule has 30 heavy (non-hydrogen) atoms. The maximum Gasteiger partial charge on any atom is 0.431 e. The number of hydrogen-bond donors (Lipinski definition) is 0. The minimum atomic E-state index is -5.27. The Morgan fingerprint density at radius 3 is 1.97 bits per heavy atom. The Morgan fingerprint density at radius 2 is 1.50 bits per heavy atom. The standard InChI is InChI=1S/C17H12F9N3O/c1-28-12(17(24,25)26)7-13(30)29(9-3-4-9)14(28)27-11-5-2-8(15(18,19)20)6-10(11)16(21,22)23/h2,5-7,9H,3-4H2,1H3. The van der Waals surface area contributed by atoms with Gasteiger partial charge in [-0.15, -0.1) is 0 Å². The lowest BCUT2D eigenvalue weighted by Crippen LogP contribution is -2.42. The van der Waals surface area contributed by atoms with Gasteiger partial charge in [0.15, 0.2) is 0 Å². The molecule has 0 saturated heterocycles. The predicted octanol–water partition coefficient (Wildman–Crippen LogP) is 4.81. The number of nitrogens with zero attached hydrogens (tertiary/aromatic N) is 3. The average molecular weight is 445 g/mol. The van der Waals surface area contributed by atoms with Gasteiger partial charge in [-0.1, -0.05) is 0 Å². The lowest BCUT2D eigenvalue weighted by molar-refractivity contribution is -0.145. The second-order valence-corrected chi connectivity index (χ2v) is 6.67. The van der Waals surface area contributed by atoms with Crippen molar-refractivity contribution in [2.24, 2.45) is 12.0 Å². The van der Waals surface area contributed by atoms with Crippen LogP contribution in [0.4, 0.5) is 45.2 Å². The fourth-order valence-corrected chi connectivity index (χ4v) is 2.87. The lowest BCUT2D eigenvalue weighted by atomic mass is 10.1. The summed E-state index contributed by atoms with van der Waals surface area (Å²) in [5.41, 5.74) is -7.75. The molecule has 0 atom stereocenters. The molecule has 1 saturated carbocycles. The first-order chi connectivity index (χ1) is 13.6. The molecule has 1 aromatic heterocycles. The summed E-state index contributed by atoms with van der Waals surface area (Å²) in [6.45, 7) is 0. The smallest absolute Gasteiger partial charge is 0.310 e. The second-order valence-electron chi connectivity index (χ2n) is 6.67. The van der Waals surface area contributed by atoms with E-state index in [1.807, 2.05) is 0 Å². The van der Waals surface area contributed by atoms with Crippen LogP contribution in [0.5, 0.6) is 0 Å². The third-order valence-electron chi connectivity index (χ3n) is 4.43. The van der Waals surface area contributed by atoms with E-state index in [-0.39, 0.29) is 6.07 Å². The van der Waals surface area contributed by atoms with Gasteiger partial charge in [0.1, 0.15) is 5.69 Å². The first-order valence-electron chi connectivity index (χ1n) is 8.33. The Bertz CT molecular complexity index is 1100. The summed E-state index contributed by atoms with van der Waals surface area (Å²) in [6.07, 6.45) is -14.6. The van der Waals surface area contributed by atoms with E-state index < -0.39 is 58.3 Å². The molecule has 1 fully saturated rings. The normalized spacial score (nSPS) is 16.3. The fraction of sp³-hybridized carbons (Fsp3) is 0.412. The molecule has 13 heteroatoms. The minimum absolute atomic E-state index is 0.175. The molecule has 2 aromatic rings. The predicted molar refractivity (Wildman–Crippen MR) is 84.6 cm³/mol. The highest BCUT2D eigenvalue weighted by Gasteiger charge is 2.39. The minimum Gasteiger partial charge on any atom is -0.310 e. The molecule has 0 radical (unpaired) electrons. The maximum absolute atomic E-state index is 13.4. The van der Waals surface area contributed by atoms with Crippen molar-refractivity contribution in [2.45, 2.75) is 37.4 Å². The first kappa shape index (κ1) is 22.0. The van der Waals surface area contributed by atoms with E-state index in [0.717, 1.165) is 11.6 Å². The molecule has 1 aliphatic rings. The van der Waals surface area contributed by atoms with E-state index in [9.17, 15) is 44.3 Å². The van der Waals surface area contributed by atoms with Crippen molar-refractivity contribution in [1.82, 2.24) is 9.13 Å². The van der Waals surface area contributed by atoms with Crippen molar-refractivity contribution < 1.29 is 39.5 Å². The number of rotatable bonds is 2. The molecule has 0 bridgehead atoms. The zero-order valence-corrected chi connectivity index (χ0v) is 15.0. The zero-order chi connectivity index (χ0) is 22.6. The Balaban J connectivity index is 2.37. The van der Waals surface area contributed by atoms with Crippen LogP contribution >= 0.6 is 0 Å². The topological polar surface area (TPSA) is 39.3 Å². The number of hydrogen-bond acceptors (Lipinski definition) is 2. The van der Waals surface area contributed by atoms with E-state index in [4.69, 9.17) is 0 Å². The van der Waals surface area contributed by atoms with Gasteiger partial charge in [0.05, 0.1) is 16.8 Å². The van der Waals surface area contributed by atoms with Gasteiger partial charge in [0.25, 0.3) is 5.56 Å². The van der Waals surface area contributed by atoms with Crippen LogP contribution in [0.15, 0.2) is 34.1 Å². The molecular formula is C17H12F9N3O. The summed E-state index contributed by atoms with van der Waals surface area (Å²) in [4.78, 5) is 15.8. The van der Waals surface area contributed by atoms with E-state index >= 15 is 0 Å². The summed E-state index contributed by atoms with van der Waals surface area (Å²) >= 11 is 0. The molecule has 0 amide bonds. The van der Waals surface area contributed by atoms with Crippen molar-refractivity contribution >= 4 is 5.69 Å². The van der Waals surface area contributed by atoms with E-state index in [2.05, 4.69) is 4.99 Å². The number of halogens is 9. The van der Waals surface area contributed by atoms with Crippen LogP contribution in [0.3, 0.4) is 0 Å². The van der Waals surface area contributed by atoms with Gasteiger partial charge in [-0.2, -0.15) is 39.5 Å². The molecule has 0 N–H and O–H groups in total. The van der Waals surface area contributed by atoms with Crippen molar-refractivity contribution in [3.63, 3.8) is 0 Å². The molecule has 1 aliphatic carbocycles. The van der Waals surface area contributed by atoms with E-state index in [1.54, 1.807) is 0 Å². The van der Waals surface area contributed by atoms with Crippen LogP contribution in [0.1, 0.15) is 35.7 Å². The summed E-state index contributed by atoms with van der Waals surface area (Å²) in [5, 5.41) is 0. The van der Waals surface area contributed by atoms with Gasteiger partial charge in [0, 0.05) is 19.2 Å². The van der Waals surface area contributed by atoms with Crippen LogP contribution in [0, 0.1) is 0 Å². The molecule has 0 spiro atoms. The maximum atomic E-state index is 13.4. The van der Waals surface area contributed by atoms with Crippen LogP contribution in [0.25, 0.3) is 0 Å². The quantitative estimate of drug-likeness (QED) is 0.612. The summed E-state index contributed by atoms with van der Waals surface area (Å²) in [7, 11) is 0.858. The van der Waals surface area contributed by atoms with Crippen LogP contribution < -0.4 is 11.2 Å².